The highest BCUT2D eigenvalue weighted by Crippen LogP contribution is 2.44. The van der Waals surface area contributed by atoms with Crippen LogP contribution in [0.1, 0.15) is 35.2 Å². The van der Waals surface area contributed by atoms with E-state index in [9.17, 15) is 14.7 Å². The minimum atomic E-state index is -0.780. The summed E-state index contributed by atoms with van der Waals surface area (Å²) in [5.74, 6) is -0.773. The van der Waals surface area contributed by atoms with Crippen LogP contribution < -0.4 is 9.64 Å². The summed E-state index contributed by atoms with van der Waals surface area (Å²) in [5, 5.41) is 12.4. The van der Waals surface area contributed by atoms with Gasteiger partial charge in [-0.25, -0.2) is 0 Å². The fourth-order valence-electron chi connectivity index (χ4n) is 5.14. The second-order valence-corrected chi connectivity index (χ2v) is 9.25. The molecule has 3 heterocycles. The number of hydrogen-bond acceptors (Lipinski definition) is 4. The van der Waals surface area contributed by atoms with Gasteiger partial charge in [-0.15, -0.1) is 0 Å². The number of rotatable bonds is 3. The number of aliphatic hydroxyl groups excluding tert-OH is 1. The smallest absolute Gasteiger partial charge is 0.300 e. The molecule has 2 aliphatic rings. The number of nitrogens with zero attached hydrogens (tertiary/aromatic N) is 1. The maximum Gasteiger partial charge on any atom is 0.300 e. The topological polar surface area (TPSA) is 82.6 Å². The van der Waals surface area contributed by atoms with Crippen molar-refractivity contribution in [2.45, 2.75) is 32.4 Å². The molecule has 2 N–H and O–H groups in total. The van der Waals surface area contributed by atoms with Crippen LogP contribution in [0, 0.1) is 6.92 Å². The Balaban J connectivity index is 1.57. The lowest BCUT2D eigenvalue weighted by Gasteiger charge is -2.25. The third kappa shape index (κ3) is 3.33. The lowest BCUT2D eigenvalue weighted by molar-refractivity contribution is -0.132. The Morgan fingerprint density at radius 1 is 1.06 bits per heavy atom. The number of ketones is 1. The molecule has 4 aromatic rings. The van der Waals surface area contributed by atoms with E-state index in [-0.39, 0.29) is 17.4 Å². The predicted octanol–water partition coefficient (Wildman–Crippen LogP) is 5.43. The van der Waals surface area contributed by atoms with Gasteiger partial charge < -0.3 is 14.8 Å². The Morgan fingerprint density at radius 3 is 2.63 bits per heavy atom. The molecule has 0 saturated carbocycles. The highest BCUT2D eigenvalue weighted by molar-refractivity contribution is 6.51. The Kier molecular flexibility index (Phi) is 4.78. The fourth-order valence-corrected chi connectivity index (χ4v) is 5.14. The Hall–Kier alpha value is -4.32. The van der Waals surface area contributed by atoms with Crippen molar-refractivity contribution >= 4 is 34.0 Å². The molecular weight excluding hydrogens is 440 g/mol. The van der Waals surface area contributed by atoms with Gasteiger partial charge in [0.1, 0.15) is 17.6 Å². The minimum absolute atomic E-state index is 0.0562. The van der Waals surface area contributed by atoms with Crippen molar-refractivity contribution < 1.29 is 19.4 Å². The number of ether oxygens (including phenoxy) is 1. The molecule has 0 aliphatic carbocycles. The van der Waals surface area contributed by atoms with E-state index >= 15 is 0 Å². The van der Waals surface area contributed by atoms with Gasteiger partial charge in [0.05, 0.1) is 11.6 Å². The van der Waals surface area contributed by atoms with Crippen LogP contribution in [0.4, 0.5) is 5.69 Å². The molecular formula is C29H24N2O4. The van der Waals surface area contributed by atoms with Crippen LogP contribution in [-0.2, 0) is 16.0 Å². The first-order chi connectivity index (χ1) is 16.9. The summed E-state index contributed by atoms with van der Waals surface area (Å²) >= 11 is 0. The molecule has 6 nitrogen and oxygen atoms in total. The standard InChI is InChI=1S/C29H24N2O4/c1-16-7-10-20(11-8-16)31-26(22-15-30-23-6-4-3-5-21(22)23)25(28(33)29(31)34)27(32)18-9-12-24-19(14-18)13-17(2)35-24/h3-12,14-15,17,26,30,32H,13H2,1-2H3/b27-25+. The van der Waals surface area contributed by atoms with Crippen LogP contribution in [0.5, 0.6) is 5.75 Å². The van der Waals surface area contributed by atoms with E-state index in [4.69, 9.17) is 4.74 Å². The summed E-state index contributed by atoms with van der Waals surface area (Å²) in [6.45, 7) is 3.96. The molecule has 1 amide bonds. The first kappa shape index (κ1) is 21.2. The number of hydrogen-bond donors (Lipinski definition) is 2. The van der Waals surface area contributed by atoms with Crippen molar-refractivity contribution in [1.82, 2.24) is 4.98 Å². The van der Waals surface area contributed by atoms with Crippen LogP contribution >= 0.6 is 0 Å². The van der Waals surface area contributed by atoms with Crippen molar-refractivity contribution in [3.05, 3.63) is 101 Å². The zero-order valence-electron chi connectivity index (χ0n) is 19.4. The van der Waals surface area contributed by atoms with E-state index in [2.05, 4.69) is 4.98 Å². The van der Waals surface area contributed by atoms with Crippen molar-refractivity contribution in [1.29, 1.82) is 0 Å². The van der Waals surface area contributed by atoms with Gasteiger partial charge in [-0.2, -0.15) is 0 Å². The van der Waals surface area contributed by atoms with Gasteiger partial charge in [-0.1, -0.05) is 35.9 Å². The molecule has 1 saturated heterocycles. The fraction of sp³-hybridized carbons (Fsp3) is 0.172. The van der Waals surface area contributed by atoms with Crippen molar-refractivity contribution in [3.8, 4) is 5.75 Å². The number of anilines is 1. The second-order valence-electron chi connectivity index (χ2n) is 9.25. The molecule has 6 heteroatoms. The zero-order chi connectivity index (χ0) is 24.3. The van der Waals surface area contributed by atoms with Crippen LogP contribution in [0.3, 0.4) is 0 Å². The van der Waals surface area contributed by atoms with Crippen LogP contribution in [-0.4, -0.2) is 27.9 Å². The van der Waals surface area contributed by atoms with Crippen LogP contribution in [0.15, 0.2) is 78.5 Å². The molecule has 3 aromatic carbocycles. The summed E-state index contributed by atoms with van der Waals surface area (Å²) in [7, 11) is 0. The molecule has 2 atom stereocenters. The van der Waals surface area contributed by atoms with Gasteiger partial charge in [-0.05, 0) is 55.8 Å². The normalized spacial score (nSPS) is 20.9. The number of H-pyrrole nitrogens is 1. The van der Waals surface area contributed by atoms with Gasteiger partial charge in [0.2, 0.25) is 0 Å². The first-order valence-corrected chi connectivity index (χ1v) is 11.7. The van der Waals surface area contributed by atoms with E-state index in [0.29, 0.717) is 11.3 Å². The maximum atomic E-state index is 13.5. The molecule has 0 bridgehead atoms. The largest absolute Gasteiger partial charge is 0.507 e. The number of nitrogens with one attached hydrogen (secondary N) is 1. The average Bonchev–Trinajstić information content (AvgIpc) is 3.52. The number of carbonyl (C=O) groups is 2. The first-order valence-electron chi connectivity index (χ1n) is 11.7. The van der Waals surface area contributed by atoms with E-state index in [1.807, 2.05) is 80.7 Å². The number of aromatic amines is 1. The van der Waals surface area contributed by atoms with Crippen molar-refractivity contribution in [2.24, 2.45) is 0 Å². The quantitative estimate of drug-likeness (QED) is 0.241. The molecule has 0 spiro atoms. The highest BCUT2D eigenvalue weighted by atomic mass is 16.5. The van der Waals surface area contributed by atoms with Crippen LogP contribution in [0.2, 0.25) is 0 Å². The average molecular weight is 465 g/mol. The third-order valence-electron chi connectivity index (χ3n) is 6.84. The highest BCUT2D eigenvalue weighted by Gasteiger charge is 2.47. The summed E-state index contributed by atoms with van der Waals surface area (Å²) in [5.41, 5.74) is 4.82. The molecule has 35 heavy (non-hydrogen) atoms. The zero-order valence-corrected chi connectivity index (χ0v) is 19.4. The van der Waals surface area contributed by atoms with E-state index in [0.717, 1.165) is 39.8 Å². The lowest BCUT2D eigenvalue weighted by Crippen LogP contribution is -2.29. The molecule has 0 radical (unpaired) electrons. The Morgan fingerprint density at radius 2 is 1.83 bits per heavy atom. The number of carbonyl (C=O) groups excluding carboxylic acids is 2. The molecule has 174 valence electrons. The van der Waals surface area contributed by atoms with Gasteiger partial charge in [-0.3, -0.25) is 14.5 Å². The predicted molar refractivity (Wildman–Crippen MR) is 134 cm³/mol. The summed E-state index contributed by atoms with van der Waals surface area (Å²) in [4.78, 5) is 31.6. The van der Waals surface area contributed by atoms with Crippen molar-refractivity contribution in [3.63, 3.8) is 0 Å². The van der Waals surface area contributed by atoms with Gasteiger partial charge in [0, 0.05) is 40.3 Å². The van der Waals surface area contributed by atoms with E-state index in [1.165, 1.54) is 4.90 Å². The van der Waals surface area contributed by atoms with Gasteiger partial charge in [0.15, 0.2) is 0 Å². The van der Waals surface area contributed by atoms with Crippen LogP contribution in [0.25, 0.3) is 16.7 Å². The SMILES string of the molecule is Cc1ccc(N2C(=O)C(=O)/C(=C(/O)c3ccc4c(c3)CC(C)O4)C2c2c[nH]c3ccccc23)cc1. The second kappa shape index (κ2) is 7.87. The van der Waals surface area contributed by atoms with Gasteiger partial charge in [0.25, 0.3) is 11.7 Å². The molecule has 6 rings (SSSR count). The molecule has 1 aromatic heterocycles. The third-order valence-corrected chi connectivity index (χ3v) is 6.84. The lowest BCUT2D eigenvalue weighted by atomic mass is 9.94. The molecule has 2 aliphatic heterocycles. The summed E-state index contributed by atoms with van der Waals surface area (Å²) < 4.78 is 5.79. The van der Waals surface area contributed by atoms with E-state index < -0.39 is 17.7 Å². The minimum Gasteiger partial charge on any atom is -0.507 e. The molecule has 1 fully saturated rings. The number of fused-ring (bicyclic) bond motifs is 2. The number of para-hydroxylation sites is 1. The van der Waals surface area contributed by atoms with Crippen molar-refractivity contribution in [2.75, 3.05) is 4.90 Å². The summed E-state index contributed by atoms with van der Waals surface area (Å²) in [6.07, 6.45) is 2.59. The van der Waals surface area contributed by atoms with Gasteiger partial charge >= 0.3 is 0 Å². The number of Topliss-reactive ketones (excluding diaryl/α,β-unsaturated/α-hetero) is 1. The number of aliphatic hydroxyl groups is 1. The molecule has 2 unspecified atom stereocenters. The number of amides is 1. The number of benzene rings is 3. The Labute approximate surface area is 202 Å². The maximum absolute atomic E-state index is 13.5. The number of aryl methyl sites for hydroxylation is 1. The Bertz CT molecular complexity index is 1530. The van der Waals surface area contributed by atoms with E-state index in [1.54, 1.807) is 6.07 Å². The summed E-state index contributed by atoms with van der Waals surface area (Å²) in [6, 6.07) is 19.8. The monoisotopic (exact) mass is 464 g/mol. The number of aromatic nitrogens is 1.